The number of benzene rings is 1. The molecule has 0 spiro atoms. The molecule has 2 N–H and O–H groups in total. The Morgan fingerprint density at radius 2 is 1.95 bits per heavy atom. The van der Waals surface area contributed by atoms with E-state index in [0.717, 1.165) is 29.4 Å². The maximum Gasteiger partial charge on any atom is 0.0471 e. The summed E-state index contributed by atoms with van der Waals surface area (Å²) in [7, 11) is 6.53. The minimum Gasteiger partial charge on any atom is -0.399 e. The van der Waals surface area contributed by atoms with Crippen LogP contribution in [-0.2, 0) is 6.54 Å². The Morgan fingerprint density at radius 3 is 2.42 bits per heavy atom. The first-order chi connectivity index (χ1) is 8.93. The minimum absolute atomic E-state index is 0.356. The fourth-order valence-corrected chi connectivity index (χ4v) is 3.12. The Morgan fingerprint density at radius 1 is 1.26 bits per heavy atom. The van der Waals surface area contributed by atoms with Crippen LogP contribution in [0.25, 0.3) is 0 Å². The Labute approximate surface area is 121 Å². The summed E-state index contributed by atoms with van der Waals surface area (Å²) in [4.78, 5) is 4.73. The lowest BCUT2D eigenvalue weighted by molar-refractivity contribution is 0.0259. The summed E-state index contributed by atoms with van der Waals surface area (Å²) in [5.74, 6) is 0. The number of hydrogen-bond donors (Lipinski definition) is 1. The van der Waals surface area contributed by atoms with Gasteiger partial charge in [-0.15, -0.1) is 0 Å². The van der Waals surface area contributed by atoms with E-state index in [1.807, 2.05) is 18.2 Å². The lowest BCUT2D eigenvalue weighted by Gasteiger charge is -2.49. The van der Waals surface area contributed by atoms with Gasteiger partial charge in [0.15, 0.2) is 0 Å². The number of anilines is 1. The molecule has 0 aromatic heterocycles. The second kappa shape index (κ2) is 5.70. The van der Waals surface area contributed by atoms with Crippen LogP contribution < -0.4 is 5.73 Å². The van der Waals surface area contributed by atoms with E-state index < -0.39 is 0 Å². The molecular formula is C15H24ClN3. The average Bonchev–Trinajstić information content (AvgIpc) is 2.27. The predicted octanol–water partition coefficient (Wildman–Crippen LogP) is 2.84. The molecular weight excluding hydrogens is 258 g/mol. The third kappa shape index (κ3) is 3.22. The molecule has 0 heterocycles. The maximum atomic E-state index is 6.24. The summed E-state index contributed by atoms with van der Waals surface area (Å²) in [6.07, 6.45) is 3.92. The highest BCUT2D eigenvalue weighted by molar-refractivity contribution is 6.31. The van der Waals surface area contributed by atoms with Gasteiger partial charge in [-0.25, -0.2) is 0 Å². The molecule has 106 valence electrons. The number of hydrogen-bond acceptors (Lipinski definition) is 3. The Kier molecular flexibility index (Phi) is 4.39. The molecule has 0 saturated heterocycles. The van der Waals surface area contributed by atoms with Gasteiger partial charge in [0.2, 0.25) is 0 Å². The first kappa shape index (κ1) is 14.6. The molecule has 1 aliphatic rings. The van der Waals surface area contributed by atoms with E-state index in [1.165, 1.54) is 19.3 Å². The molecule has 1 aromatic carbocycles. The molecule has 1 saturated carbocycles. The summed E-state index contributed by atoms with van der Waals surface area (Å²) in [5.41, 5.74) is 7.95. The largest absolute Gasteiger partial charge is 0.399 e. The molecule has 0 atom stereocenters. The van der Waals surface area contributed by atoms with Gasteiger partial charge >= 0.3 is 0 Å². The SMILES string of the molecule is CN(Cc1ccc(N)cc1Cl)CC1(N(C)C)CCC1. The minimum atomic E-state index is 0.356. The van der Waals surface area contributed by atoms with Gasteiger partial charge in [-0.05, 0) is 58.1 Å². The zero-order valence-electron chi connectivity index (χ0n) is 12.1. The second-order valence-electron chi connectivity index (χ2n) is 6.00. The smallest absolute Gasteiger partial charge is 0.0471 e. The summed E-state index contributed by atoms with van der Waals surface area (Å²) in [5, 5.41) is 0.763. The molecule has 0 amide bonds. The van der Waals surface area contributed by atoms with E-state index in [0.29, 0.717) is 5.54 Å². The average molecular weight is 282 g/mol. The van der Waals surface area contributed by atoms with Crippen molar-refractivity contribution in [2.45, 2.75) is 31.3 Å². The van der Waals surface area contributed by atoms with Crippen molar-refractivity contribution in [3.05, 3.63) is 28.8 Å². The number of nitrogen functional groups attached to an aromatic ring is 1. The third-order valence-electron chi connectivity index (χ3n) is 4.31. The Balaban J connectivity index is 1.99. The van der Waals surface area contributed by atoms with Crippen LogP contribution in [0.4, 0.5) is 5.69 Å². The summed E-state index contributed by atoms with van der Waals surface area (Å²) in [6.45, 7) is 1.95. The van der Waals surface area contributed by atoms with Gasteiger partial charge in [-0.1, -0.05) is 17.7 Å². The van der Waals surface area contributed by atoms with Gasteiger partial charge in [0, 0.05) is 29.3 Å². The van der Waals surface area contributed by atoms with Crippen LogP contribution in [0.5, 0.6) is 0 Å². The molecule has 19 heavy (non-hydrogen) atoms. The van der Waals surface area contributed by atoms with Crippen LogP contribution >= 0.6 is 11.6 Å². The first-order valence-corrected chi connectivity index (χ1v) is 7.21. The van der Waals surface area contributed by atoms with Crippen LogP contribution in [0.15, 0.2) is 18.2 Å². The van der Waals surface area contributed by atoms with Gasteiger partial charge in [-0.3, -0.25) is 0 Å². The highest BCUT2D eigenvalue weighted by Gasteiger charge is 2.39. The van der Waals surface area contributed by atoms with Gasteiger partial charge in [0.25, 0.3) is 0 Å². The highest BCUT2D eigenvalue weighted by Crippen LogP contribution is 2.37. The molecule has 1 aromatic rings. The van der Waals surface area contributed by atoms with Gasteiger partial charge in [0.05, 0.1) is 0 Å². The topological polar surface area (TPSA) is 32.5 Å². The van der Waals surface area contributed by atoms with E-state index in [4.69, 9.17) is 17.3 Å². The van der Waals surface area contributed by atoms with Crippen LogP contribution in [0.3, 0.4) is 0 Å². The molecule has 3 nitrogen and oxygen atoms in total. The monoisotopic (exact) mass is 281 g/mol. The summed E-state index contributed by atoms with van der Waals surface area (Å²) < 4.78 is 0. The molecule has 4 heteroatoms. The Hall–Kier alpha value is -0.770. The lowest BCUT2D eigenvalue weighted by Crippen LogP contribution is -2.56. The van der Waals surface area contributed by atoms with Gasteiger partial charge in [0.1, 0.15) is 0 Å². The number of halogens is 1. The quantitative estimate of drug-likeness (QED) is 0.843. The number of nitrogens with two attached hydrogens (primary N) is 1. The van der Waals surface area contributed by atoms with Crippen molar-refractivity contribution in [1.29, 1.82) is 0 Å². The fourth-order valence-electron chi connectivity index (χ4n) is 2.87. The van der Waals surface area contributed by atoms with Gasteiger partial charge in [-0.2, -0.15) is 0 Å². The van der Waals surface area contributed by atoms with E-state index >= 15 is 0 Å². The number of nitrogens with zero attached hydrogens (tertiary/aromatic N) is 2. The molecule has 1 aliphatic carbocycles. The van der Waals surface area contributed by atoms with Crippen molar-refractivity contribution in [3.63, 3.8) is 0 Å². The number of rotatable bonds is 5. The van der Waals surface area contributed by atoms with E-state index in [2.05, 4.69) is 30.9 Å². The van der Waals surface area contributed by atoms with Crippen molar-refractivity contribution in [3.8, 4) is 0 Å². The van der Waals surface area contributed by atoms with Crippen LogP contribution in [0, 0.1) is 0 Å². The normalized spacial score (nSPS) is 17.8. The third-order valence-corrected chi connectivity index (χ3v) is 4.67. The summed E-state index contributed by atoms with van der Waals surface area (Å²) in [6, 6.07) is 5.77. The van der Waals surface area contributed by atoms with Crippen molar-refractivity contribution < 1.29 is 0 Å². The predicted molar refractivity (Wildman–Crippen MR) is 82.5 cm³/mol. The van der Waals surface area contributed by atoms with E-state index in [9.17, 15) is 0 Å². The molecule has 1 fully saturated rings. The maximum absolute atomic E-state index is 6.24. The standard InChI is InChI=1S/C15H24ClN3/c1-18(2)15(7-4-8-15)11-19(3)10-12-5-6-13(17)9-14(12)16/h5-6,9H,4,7-8,10-11,17H2,1-3H3. The molecule has 0 unspecified atom stereocenters. The van der Waals surface area contributed by atoms with Crippen molar-refractivity contribution >= 4 is 17.3 Å². The van der Waals surface area contributed by atoms with Crippen LogP contribution in [0.2, 0.25) is 5.02 Å². The molecule has 2 rings (SSSR count). The lowest BCUT2D eigenvalue weighted by atomic mass is 9.75. The fraction of sp³-hybridized carbons (Fsp3) is 0.600. The summed E-state index contributed by atoms with van der Waals surface area (Å²) >= 11 is 6.24. The van der Waals surface area contributed by atoms with Gasteiger partial charge < -0.3 is 15.5 Å². The molecule has 0 radical (unpaired) electrons. The van der Waals surface area contributed by atoms with E-state index in [1.54, 1.807) is 0 Å². The van der Waals surface area contributed by atoms with Crippen LogP contribution in [-0.4, -0.2) is 43.0 Å². The zero-order valence-corrected chi connectivity index (χ0v) is 12.9. The number of likely N-dealkylation sites (N-methyl/N-ethyl adjacent to an activating group) is 2. The second-order valence-corrected chi connectivity index (χ2v) is 6.40. The molecule has 0 aliphatic heterocycles. The molecule has 0 bridgehead atoms. The zero-order chi connectivity index (χ0) is 14.0. The Bertz CT molecular complexity index is 441. The van der Waals surface area contributed by atoms with Crippen molar-refractivity contribution in [2.75, 3.05) is 33.4 Å². The van der Waals surface area contributed by atoms with Crippen molar-refractivity contribution in [2.24, 2.45) is 0 Å². The first-order valence-electron chi connectivity index (χ1n) is 6.83. The highest BCUT2D eigenvalue weighted by atomic mass is 35.5. The van der Waals surface area contributed by atoms with Crippen LogP contribution in [0.1, 0.15) is 24.8 Å². The van der Waals surface area contributed by atoms with E-state index in [-0.39, 0.29) is 0 Å². The van der Waals surface area contributed by atoms with Crippen molar-refractivity contribution in [1.82, 2.24) is 9.80 Å².